The zero-order chi connectivity index (χ0) is 22.4. The van der Waals surface area contributed by atoms with E-state index in [0.29, 0.717) is 26.3 Å². The standard InChI is InChI=1S/C23H16BrClN2O4/c24-19-4-2-1-3-18(19)21(28)27-20(13-14-5-9-16(25)10-6-14)22(29)26-17-11-7-15(8-12-17)23(30)31/h1-13H,(H,26,29)(H,27,28)(H,30,31)/b20-13+. The van der Waals surface area contributed by atoms with E-state index in [1.54, 1.807) is 48.5 Å². The van der Waals surface area contributed by atoms with Crippen molar-refractivity contribution >= 4 is 57.1 Å². The first-order valence-corrected chi connectivity index (χ1v) is 10.2. The van der Waals surface area contributed by atoms with Crippen LogP contribution in [0.5, 0.6) is 0 Å². The van der Waals surface area contributed by atoms with Crippen LogP contribution in [0.25, 0.3) is 6.08 Å². The molecule has 0 aliphatic heterocycles. The molecule has 0 radical (unpaired) electrons. The second kappa shape index (κ2) is 10.1. The van der Waals surface area contributed by atoms with E-state index in [4.69, 9.17) is 16.7 Å². The van der Waals surface area contributed by atoms with Crippen molar-refractivity contribution < 1.29 is 19.5 Å². The minimum absolute atomic E-state index is 0.00499. The summed E-state index contributed by atoms with van der Waals surface area (Å²) in [5, 5.41) is 14.8. The number of carboxylic acids is 1. The highest BCUT2D eigenvalue weighted by Crippen LogP contribution is 2.18. The third-order valence-electron chi connectivity index (χ3n) is 4.18. The van der Waals surface area contributed by atoms with Crippen molar-refractivity contribution in [1.29, 1.82) is 0 Å². The molecule has 0 saturated carbocycles. The Morgan fingerprint density at radius 1 is 0.903 bits per heavy atom. The minimum Gasteiger partial charge on any atom is -0.478 e. The van der Waals surface area contributed by atoms with Gasteiger partial charge in [-0.05, 0) is 76.1 Å². The van der Waals surface area contributed by atoms with Crippen molar-refractivity contribution in [2.75, 3.05) is 5.32 Å². The van der Waals surface area contributed by atoms with E-state index in [-0.39, 0.29) is 11.3 Å². The van der Waals surface area contributed by atoms with Crippen molar-refractivity contribution in [3.8, 4) is 0 Å². The summed E-state index contributed by atoms with van der Waals surface area (Å²) in [5.41, 5.74) is 1.50. The molecule has 31 heavy (non-hydrogen) atoms. The number of nitrogens with one attached hydrogen (secondary N) is 2. The SMILES string of the molecule is O=C(Nc1ccc(C(=O)O)cc1)/C(=C\c1ccc(Cl)cc1)NC(=O)c1ccccc1Br. The molecule has 0 aromatic heterocycles. The van der Waals surface area contributed by atoms with Crippen LogP contribution < -0.4 is 10.6 Å². The van der Waals surface area contributed by atoms with Gasteiger partial charge in [0, 0.05) is 15.2 Å². The Morgan fingerprint density at radius 2 is 1.55 bits per heavy atom. The topological polar surface area (TPSA) is 95.5 Å². The van der Waals surface area contributed by atoms with Crippen LogP contribution in [0.15, 0.2) is 83.0 Å². The Labute approximate surface area is 191 Å². The van der Waals surface area contributed by atoms with Gasteiger partial charge >= 0.3 is 5.97 Å². The van der Waals surface area contributed by atoms with Gasteiger partial charge in [-0.3, -0.25) is 9.59 Å². The number of anilines is 1. The third-order valence-corrected chi connectivity index (χ3v) is 5.13. The number of hydrogen-bond acceptors (Lipinski definition) is 3. The maximum absolute atomic E-state index is 12.9. The summed E-state index contributed by atoms with van der Waals surface area (Å²) in [5.74, 6) is -2.11. The quantitative estimate of drug-likeness (QED) is 0.406. The first-order chi connectivity index (χ1) is 14.8. The van der Waals surface area contributed by atoms with Gasteiger partial charge in [0.2, 0.25) is 0 Å². The number of amides is 2. The summed E-state index contributed by atoms with van der Waals surface area (Å²) in [6.07, 6.45) is 1.52. The van der Waals surface area contributed by atoms with E-state index in [1.165, 1.54) is 30.3 Å². The van der Waals surface area contributed by atoms with Crippen LogP contribution in [0, 0.1) is 0 Å². The Morgan fingerprint density at radius 3 is 2.16 bits per heavy atom. The van der Waals surface area contributed by atoms with E-state index in [1.807, 2.05) is 0 Å². The highest BCUT2D eigenvalue weighted by Gasteiger charge is 2.17. The van der Waals surface area contributed by atoms with E-state index in [0.717, 1.165) is 0 Å². The molecular formula is C23H16BrClN2O4. The van der Waals surface area contributed by atoms with Crippen molar-refractivity contribution in [2.24, 2.45) is 0 Å². The molecule has 3 N–H and O–H groups in total. The largest absolute Gasteiger partial charge is 0.478 e. The van der Waals surface area contributed by atoms with E-state index in [2.05, 4.69) is 26.6 Å². The number of carbonyl (C=O) groups excluding carboxylic acids is 2. The Hall–Kier alpha value is -3.42. The van der Waals surface area contributed by atoms with E-state index in [9.17, 15) is 14.4 Å². The van der Waals surface area contributed by atoms with Crippen LogP contribution in [0.3, 0.4) is 0 Å². The lowest BCUT2D eigenvalue weighted by Crippen LogP contribution is -2.31. The van der Waals surface area contributed by atoms with Gasteiger partial charge in [0.15, 0.2) is 0 Å². The second-order valence-corrected chi connectivity index (χ2v) is 7.67. The number of benzene rings is 3. The van der Waals surface area contributed by atoms with Gasteiger partial charge in [0.25, 0.3) is 11.8 Å². The molecule has 0 atom stereocenters. The smallest absolute Gasteiger partial charge is 0.335 e. The first kappa shape index (κ1) is 22.3. The number of aromatic carboxylic acids is 1. The average molecular weight is 500 g/mol. The molecule has 6 nitrogen and oxygen atoms in total. The van der Waals surface area contributed by atoms with E-state index >= 15 is 0 Å². The number of hydrogen-bond donors (Lipinski definition) is 3. The first-order valence-electron chi connectivity index (χ1n) is 9.01. The minimum atomic E-state index is -1.07. The fraction of sp³-hybridized carbons (Fsp3) is 0. The van der Waals surface area contributed by atoms with Crippen molar-refractivity contribution in [3.63, 3.8) is 0 Å². The summed E-state index contributed by atoms with van der Waals surface area (Å²) in [6.45, 7) is 0. The molecule has 0 unspecified atom stereocenters. The molecule has 0 aliphatic rings. The molecule has 0 fully saturated rings. The van der Waals surface area contributed by atoms with Gasteiger partial charge in [-0.25, -0.2) is 4.79 Å². The Kier molecular flexibility index (Phi) is 7.23. The van der Waals surface area contributed by atoms with Crippen LogP contribution in [0.1, 0.15) is 26.3 Å². The molecule has 3 aromatic rings. The van der Waals surface area contributed by atoms with Crippen molar-refractivity contribution in [2.45, 2.75) is 0 Å². The molecule has 0 saturated heterocycles. The predicted octanol–water partition coefficient (Wildman–Crippen LogP) is 5.21. The van der Waals surface area contributed by atoms with Gasteiger partial charge in [0.05, 0.1) is 11.1 Å². The Balaban J connectivity index is 1.88. The fourth-order valence-corrected chi connectivity index (χ4v) is 3.20. The third kappa shape index (κ3) is 6.04. The molecule has 0 heterocycles. The lowest BCUT2D eigenvalue weighted by atomic mass is 10.1. The number of halogens is 2. The van der Waals surface area contributed by atoms with Gasteiger partial charge in [-0.2, -0.15) is 0 Å². The lowest BCUT2D eigenvalue weighted by Gasteiger charge is -2.12. The maximum Gasteiger partial charge on any atom is 0.335 e. The highest BCUT2D eigenvalue weighted by molar-refractivity contribution is 9.10. The number of rotatable bonds is 6. The van der Waals surface area contributed by atoms with Crippen LogP contribution in [-0.2, 0) is 4.79 Å². The number of carbonyl (C=O) groups is 3. The summed E-state index contributed by atoms with van der Waals surface area (Å²) in [7, 11) is 0. The van der Waals surface area contributed by atoms with Gasteiger partial charge in [-0.15, -0.1) is 0 Å². The average Bonchev–Trinajstić information content (AvgIpc) is 2.75. The van der Waals surface area contributed by atoms with Crippen LogP contribution in [-0.4, -0.2) is 22.9 Å². The lowest BCUT2D eigenvalue weighted by molar-refractivity contribution is -0.113. The molecule has 8 heteroatoms. The van der Waals surface area contributed by atoms with Crippen molar-refractivity contribution in [1.82, 2.24) is 5.32 Å². The molecule has 0 spiro atoms. The molecule has 2 amide bonds. The molecular weight excluding hydrogens is 484 g/mol. The van der Waals surface area contributed by atoms with Gasteiger partial charge < -0.3 is 15.7 Å². The molecule has 3 aromatic carbocycles. The monoisotopic (exact) mass is 498 g/mol. The van der Waals surface area contributed by atoms with Gasteiger partial charge in [0.1, 0.15) is 5.70 Å². The summed E-state index contributed by atoms with van der Waals surface area (Å²) in [6, 6.07) is 19.3. The maximum atomic E-state index is 12.9. The second-order valence-electron chi connectivity index (χ2n) is 6.38. The zero-order valence-corrected chi connectivity index (χ0v) is 18.3. The normalized spacial score (nSPS) is 11.0. The molecule has 0 aliphatic carbocycles. The predicted molar refractivity (Wildman–Crippen MR) is 123 cm³/mol. The van der Waals surface area contributed by atoms with Crippen LogP contribution in [0.4, 0.5) is 5.69 Å². The van der Waals surface area contributed by atoms with Crippen LogP contribution in [0.2, 0.25) is 5.02 Å². The molecule has 3 rings (SSSR count). The summed E-state index contributed by atoms with van der Waals surface area (Å²) >= 11 is 9.25. The van der Waals surface area contributed by atoms with Crippen LogP contribution >= 0.6 is 27.5 Å². The summed E-state index contributed by atoms with van der Waals surface area (Å²) < 4.78 is 0.586. The zero-order valence-electron chi connectivity index (χ0n) is 15.9. The molecule has 156 valence electrons. The van der Waals surface area contributed by atoms with Gasteiger partial charge in [-0.1, -0.05) is 35.9 Å². The molecule has 0 bridgehead atoms. The van der Waals surface area contributed by atoms with Crippen molar-refractivity contribution in [3.05, 3.63) is 105 Å². The highest BCUT2D eigenvalue weighted by atomic mass is 79.9. The fourth-order valence-electron chi connectivity index (χ4n) is 2.61. The summed E-state index contributed by atoms with van der Waals surface area (Å²) in [4.78, 5) is 36.7. The van der Waals surface area contributed by atoms with E-state index < -0.39 is 17.8 Å². The number of carboxylic acid groups (broad SMARTS) is 1. The Bertz CT molecular complexity index is 1160.